The van der Waals surface area contributed by atoms with Crippen LogP contribution in [0.3, 0.4) is 0 Å². The second kappa shape index (κ2) is 11.4. The van der Waals surface area contributed by atoms with E-state index in [-0.39, 0.29) is 5.97 Å². The van der Waals surface area contributed by atoms with E-state index in [1.165, 1.54) is 22.3 Å². The molecule has 3 aromatic rings. The maximum atomic E-state index is 12.2. The second-order valence-corrected chi connectivity index (χ2v) is 8.14. The van der Waals surface area contributed by atoms with Gasteiger partial charge in [0.15, 0.2) is 0 Å². The summed E-state index contributed by atoms with van der Waals surface area (Å²) in [6, 6.07) is 26.7. The third-order valence-corrected chi connectivity index (χ3v) is 5.74. The van der Waals surface area contributed by atoms with Gasteiger partial charge in [-0.2, -0.15) is 0 Å². The van der Waals surface area contributed by atoms with Gasteiger partial charge in [0.2, 0.25) is 5.60 Å². The molecule has 0 saturated heterocycles. The van der Waals surface area contributed by atoms with Crippen molar-refractivity contribution in [3.05, 3.63) is 90.5 Å². The zero-order chi connectivity index (χ0) is 23.7. The van der Waals surface area contributed by atoms with E-state index in [2.05, 4.69) is 66.8 Å². The van der Waals surface area contributed by atoms with Gasteiger partial charge in [0.05, 0.1) is 6.61 Å². The van der Waals surface area contributed by atoms with Gasteiger partial charge in [-0.05, 0) is 73.7 Å². The Bertz CT molecular complexity index is 1060. The molecule has 0 fully saturated rings. The van der Waals surface area contributed by atoms with Crippen molar-refractivity contribution in [2.75, 3.05) is 18.5 Å². The van der Waals surface area contributed by atoms with Gasteiger partial charge in [-0.1, -0.05) is 67.6 Å². The molecule has 0 heterocycles. The van der Waals surface area contributed by atoms with Crippen LogP contribution in [0.2, 0.25) is 0 Å². The lowest BCUT2D eigenvalue weighted by atomic mass is 10.0. The SMILES string of the molecule is CCOC(=O)C(C)(CC)Oc1ccc(NC/C=C(/C)c2ccc(-c3ccccc3)cc2)cc1. The third-order valence-electron chi connectivity index (χ3n) is 5.74. The lowest BCUT2D eigenvalue weighted by Crippen LogP contribution is -2.42. The molecule has 1 atom stereocenters. The Labute approximate surface area is 197 Å². The van der Waals surface area contributed by atoms with E-state index in [4.69, 9.17) is 9.47 Å². The fourth-order valence-electron chi connectivity index (χ4n) is 3.44. The number of nitrogens with one attached hydrogen (secondary N) is 1. The molecule has 0 aliphatic carbocycles. The molecule has 0 aromatic heterocycles. The molecule has 0 saturated carbocycles. The van der Waals surface area contributed by atoms with E-state index >= 15 is 0 Å². The highest BCUT2D eigenvalue weighted by Gasteiger charge is 2.35. The number of allylic oxidation sites excluding steroid dienone is 1. The first-order valence-corrected chi connectivity index (χ1v) is 11.5. The molecule has 33 heavy (non-hydrogen) atoms. The van der Waals surface area contributed by atoms with Crippen LogP contribution in [0.15, 0.2) is 84.9 Å². The summed E-state index contributed by atoms with van der Waals surface area (Å²) in [6.07, 6.45) is 2.71. The summed E-state index contributed by atoms with van der Waals surface area (Å²) >= 11 is 0. The highest BCUT2D eigenvalue weighted by molar-refractivity contribution is 5.79. The summed E-state index contributed by atoms with van der Waals surface area (Å²) in [7, 11) is 0. The Morgan fingerprint density at radius 2 is 1.55 bits per heavy atom. The van der Waals surface area contributed by atoms with E-state index in [0.29, 0.717) is 25.3 Å². The zero-order valence-electron chi connectivity index (χ0n) is 19.9. The molecule has 0 amide bonds. The topological polar surface area (TPSA) is 47.6 Å². The molecule has 1 N–H and O–H groups in total. The molecule has 3 aromatic carbocycles. The summed E-state index contributed by atoms with van der Waals surface area (Å²) in [5, 5.41) is 3.41. The van der Waals surface area contributed by atoms with Crippen LogP contribution in [0, 0.1) is 0 Å². The smallest absolute Gasteiger partial charge is 0.350 e. The van der Waals surface area contributed by atoms with Crippen LogP contribution in [-0.2, 0) is 9.53 Å². The minimum Gasteiger partial charge on any atom is -0.476 e. The Morgan fingerprint density at radius 1 is 0.909 bits per heavy atom. The standard InChI is InChI=1S/C29H33NO3/c1-5-29(4,28(31)32-6-2)33-27-18-16-26(17-19-27)30-21-20-22(3)23-12-14-25(15-13-23)24-10-8-7-9-11-24/h7-20,30H,5-6,21H2,1-4H3/b22-20-. The van der Waals surface area contributed by atoms with Gasteiger partial charge >= 0.3 is 5.97 Å². The van der Waals surface area contributed by atoms with Crippen molar-refractivity contribution >= 4 is 17.2 Å². The average molecular weight is 444 g/mol. The number of esters is 1. The second-order valence-electron chi connectivity index (χ2n) is 8.14. The van der Waals surface area contributed by atoms with E-state index in [0.717, 1.165) is 5.69 Å². The monoisotopic (exact) mass is 443 g/mol. The number of rotatable bonds is 10. The molecule has 0 spiro atoms. The molecular formula is C29H33NO3. The quantitative estimate of drug-likeness (QED) is 0.343. The first-order chi connectivity index (χ1) is 15.9. The minimum absolute atomic E-state index is 0.338. The lowest BCUT2D eigenvalue weighted by molar-refractivity contribution is -0.160. The number of hydrogen-bond donors (Lipinski definition) is 1. The number of carbonyl (C=O) groups is 1. The van der Waals surface area contributed by atoms with Crippen molar-refractivity contribution in [3.8, 4) is 16.9 Å². The molecule has 0 radical (unpaired) electrons. The van der Waals surface area contributed by atoms with Gasteiger partial charge in [0.1, 0.15) is 5.75 Å². The lowest BCUT2D eigenvalue weighted by Gasteiger charge is -2.27. The molecule has 172 valence electrons. The molecule has 0 aliphatic rings. The van der Waals surface area contributed by atoms with E-state index < -0.39 is 5.60 Å². The van der Waals surface area contributed by atoms with E-state index in [1.54, 1.807) is 13.8 Å². The highest BCUT2D eigenvalue weighted by atomic mass is 16.6. The maximum absolute atomic E-state index is 12.2. The van der Waals surface area contributed by atoms with Crippen LogP contribution in [0.25, 0.3) is 16.7 Å². The number of ether oxygens (including phenoxy) is 2. The fourth-order valence-corrected chi connectivity index (χ4v) is 3.44. The number of carbonyl (C=O) groups excluding carboxylic acids is 1. The third kappa shape index (κ3) is 6.48. The van der Waals surface area contributed by atoms with Gasteiger partial charge in [-0.15, -0.1) is 0 Å². The Kier molecular flexibility index (Phi) is 8.31. The van der Waals surface area contributed by atoms with Crippen LogP contribution in [0.1, 0.15) is 39.7 Å². The number of benzene rings is 3. The first-order valence-electron chi connectivity index (χ1n) is 11.5. The molecule has 0 bridgehead atoms. The molecule has 0 aliphatic heterocycles. The van der Waals surface area contributed by atoms with Crippen LogP contribution in [-0.4, -0.2) is 24.7 Å². The van der Waals surface area contributed by atoms with E-state index in [9.17, 15) is 4.79 Å². The largest absolute Gasteiger partial charge is 0.476 e. The molecule has 1 unspecified atom stereocenters. The van der Waals surface area contributed by atoms with E-state index in [1.807, 2.05) is 37.3 Å². The predicted molar refractivity (Wildman–Crippen MR) is 136 cm³/mol. The van der Waals surface area contributed by atoms with Gasteiger partial charge in [0, 0.05) is 12.2 Å². The average Bonchev–Trinajstić information content (AvgIpc) is 2.85. The number of anilines is 1. The van der Waals surface area contributed by atoms with Crippen molar-refractivity contribution in [1.82, 2.24) is 0 Å². The normalized spacial score (nSPS) is 13.2. The van der Waals surface area contributed by atoms with Crippen molar-refractivity contribution in [2.45, 2.75) is 39.7 Å². The summed E-state index contributed by atoms with van der Waals surface area (Å²) in [4.78, 5) is 12.2. The Balaban J connectivity index is 1.56. The predicted octanol–water partition coefficient (Wildman–Crippen LogP) is 6.98. The molecule has 4 nitrogen and oxygen atoms in total. The zero-order valence-corrected chi connectivity index (χ0v) is 19.9. The van der Waals surface area contributed by atoms with Crippen molar-refractivity contribution in [2.24, 2.45) is 0 Å². The first kappa shape index (κ1) is 24.1. The van der Waals surface area contributed by atoms with Crippen LogP contribution < -0.4 is 10.1 Å². The molecule has 4 heteroatoms. The summed E-state index contributed by atoms with van der Waals surface area (Å²) < 4.78 is 11.1. The van der Waals surface area contributed by atoms with Crippen molar-refractivity contribution < 1.29 is 14.3 Å². The van der Waals surface area contributed by atoms with Gasteiger partial charge in [-0.3, -0.25) is 0 Å². The maximum Gasteiger partial charge on any atom is 0.350 e. The summed E-state index contributed by atoms with van der Waals surface area (Å²) in [5.74, 6) is 0.301. The summed E-state index contributed by atoms with van der Waals surface area (Å²) in [6.45, 7) is 8.64. The molecular weight excluding hydrogens is 410 g/mol. The highest BCUT2D eigenvalue weighted by Crippen LogP contribution is 2.25. The van der Waals surface area contributed by atoms with Crippen LogP contribution >= 0.6 is 0 Å². The Morgan fingerprint density at radius 3 is 2.15 bits per heavy atom. The van der Waals surface area contributed by atoms with Gasteiger partial charge in [-0.25, -0.2) is 4.79 Å². The fraction of sp³-hybridized carbons (Fsp3) is 0.276. The van der Waals surface area contributed by atoms with Gasteiger partial charge in [0.25, 0.3) is 0 Å². The van der Waals surface area contributed by atoms with Crippen LogP contribution in [0.5, 0.6) is 5.75 Å². The van der Waals surface area contributed by atoms with Crippen molar-refractivity contribution in [1.29, 1.82) is 0 Å². The Hall–Kier alpha value is -3.53. The van der Waals surface area contributed by atoms with Gasteiger partial charge < -0.3 is 14.8 Å². The van der Waals surface area contributed by atoms with Crippen LogP contribution in [0.4, 0.5) is 5.69 Å². The van der Waals surface area contributed by atoms with Crippen molar-refractivity contribution in [3.63, 3.8) is 0 Å². The number of hydrogen-bond acceptors (Lipinski definition) is 4. The summed E-state index contributed by atoms with van der Waals surface area (Å²) in [5.41, 5.74) is 4.87. The minimum atomic E-state index is -0.985. The molecule has 3 rings (SSSR count).